The molecule has 0 aromatic carbocycles. The Balaban J connectivity index is 2.48. The molecule has 0 radical (unpaired) electrons. The monoisotopic (exact) mass is 159 g/mol. The topological polar surface area (TPSA) is 12.0 Å². The molecule has 1 saturated heterocycles. The first-order chi connectivity index (χ1) is 4.65. The van der Waals surface area contributed by atoms with Crippen LogP contribution in [0, 0.1) is 5.92 Å². The molecule has 0 bridgehead atoms. The minimum absolute atomic E-state index is 0.345. The number of hydrogen-bond acceptors (Lipinski definition) is 2. The van der Waals surface area contributed by atoms with E-state index in [9.17, 15) is 0 Å². The van der Waals surface area contributed by atoms with Crippen LogP contribution in [0.4, 0.5) is 0 Å². The van der Waals surface area contributed by atoms with Crippen molar-refractivity contribution in [3.05, 3.63) is 0 Å². The first-order valence-electron chi connectivity index (χ1n) is 4.04. The molecular weight excluding hydrogens is 142 g/mol. The minimum Gasteiger partial charge on any atom is -0.303 e. The smallest absolute Gasteiger partial charge is 0.0639 e. The molecule has 1 aliphatic rings. The van der Waals surface area contributed by atoms with E-state index >= 15 is 0 Å². The second-order valence-electron chi connectivity index (χ2n) is 3.39. The van der Waals surface area contributed by atoms with Gasteiger partial charge in [-0.15, -0.1) is 11.8 Å². The van der Waals surface area contributed by atoms with Crippen LogP contribution >= 0.6 is 11.8 Å². The van der Waals surface area contributed by atoms with Crippen LogP contribution in [-0.2, 0) is 0 Å². The van der Waals surface area contributed by atoms with Gasteiger partial charge in [0.1, 0.15) is 0 Å². The van der Waals surface area contributed by atoms with E-state index in [4.69, 9.17) is 0 Å². The van der Waals surface area contributed by atoms with Gasteiger partial charge in [0.15, 0.2) is 0 Å². The summed E-state index contributed by atoms with van der Waals surface area (Å²) in [6.07, 6.45) is 1.33. The molecule has 0 amide bonds. The summed E-state index contributed by atoms with van der Waals surface area (Å²) in [6, 6.07) is 0. The van der Waals surface area contributed by atoms with Gasteiger partial charge in [-0.3, -0.25) is 0 Å². The zero-order valence-electron chi connectivity index (χ0n) is 7.11. The van der Waals surface area contributed by atoms with Crippen molar-refractivity contribution in [2.75, 3.05) is 12.3 Å². The highest BCUT2D eigenvalue weighted by atomic mass is 32.2. The molecule has 1 rings (SSSR count). The molecule has 1 N–H and O–H groups in total. The van der Waals surface area contributed by atoms with E-state index in [1.165, 1.54) is 18.7 Å². The maximum Gasteiger partial charge on any atom is 0.0639 e. The summed E-state index contributed by atoms with van der Waals surface area (Å²) in [4.78, 5) is 0.345. The van der Waals surface area contributed by atoms with Gasteiger partial charge < -0.3 is 5.32 Å². The number of rotatable bonds is 1. The van der Waals surface area contributed by atoms with E-state index in [2.05, 4.69) is 37.8 Å². The Morgan fingerprint density at radius 1 is 1.50 bits per heavy atom. The van der Waals surface area contributed by atoms with Crippen molar-refractivity contribution in [3.63, 3.8) is 0 Å². The normalized spacial score (nSPS) is 34.8. The lowest BCUT2D eigenvalue weighted by atomic mass is 10.1. The van der Waals surface area contributed by atoms with Crippen LogP contribution in [0.5, 0.6) is 0 Å². The fraction of sp³-hybridized carbons (Fsp3) is 1.00. The Kier molecular flexibility index (Phi) is 2.64. The minimum atomic E-state index is 0.345. The average molecular weight is 159 g/mol. The van der Waals surface area contributed by atoms with Crippen LogP contribution in [0.1, 0.15) is 27.2 Å². The Hall–Kier alpha value is 0.310. The van der Waals surface area contributed by atoms with E-state index in [1.54, 1.807) is 0 Å². The van der Waals surface area contributed by atoms with Crippen molar-refractivity contribution in [2.24, 2.45) is 5.92 Å². The van der Waals surface area contributed by atoms with Crippen molar-refractivity contribution in [1.29, 1.82) is 0 Å². The van der Waals surface area contributed by atoms with Crippen molar-refractivity contribution in [3.8, 4) is 0 Å². The quantitative estimate of drug-likeness (QED) is 0.628. The molecule has 0 aliphatic carbocycles. The lowest BCUT2D eigenvalue weighted by Gasteiger charge is -2.37. The molecule has 0 saturated carbocycles. The molecule has 0 spiro atoms. The molecule has 1 fully saturated rings. The summed E-state index contributed by atoms with van der Waals surface area (Å²) in [5, 5.41) is 3.56. The summed E-state index contributed by atoms with van der Waals surface area (Å²) in [7, 11) is 0. The number of thioether (sulfide) groups is 1. The Morgan fingerprint density at radius 2 is 2.20 bits per heavy atom. The van der Waals surface area contributed by atoms with E-state index < -0.39 is 0 Å². The largest absolute Gasteiger partial charge is 0.303 e. The predicted molar refractivity (Wildman–Crippen MR) is 48.3 cm³/mol. The fourth-order valence-electron chi connectivity index (χ4n) is 1.11. The molecule has 1 heterocycles. The van der Waals surface area contributed by atoms with E-state index in [-0.39, 0.29) is 0 Å². The fourth-order valence-corrected chi connectivity index (χ4v) is 2.36. The second kappa shape index (κ2) is 3.14. The van der Waals surface area contributed by atoms with Crippen LogP contribution in [0.25, 0.3) is 0 Å². The summed E-state index contributed by atoms with van der Waals surface area (Å²) >= 11 is 2.06. The highest BCUT2D eigenvalue weighted by molar-refractivity contribution is 8.00. The van der Waals surface area contributed by atoms with E-state index in [0.717, 1.165) is 5.92 Å². The zero-order chi connectivity index (χ0) is 7.61. The van der Waals surface area contributed by atoms with E-state index in [0.29, 0.717) is 4.87 Å². The van der Waals surface area contributed by atoms with Gasteiger partial charge in [-0.1, -0.05) is 13.8 Å². The average Bonchev–Trinajstić information content (AvgIpc) is 1.89. The van der Waals surface area contributed by atoms with Crippen molar-refractivity contribution >= 4 is 11.8 Å². The van der Waals surface area contributed by atoms with Gasteiger partial charge in [0.2, 0.25) is 0 Å². The van der Waals surface area contributed by atoms with Gasteiger partial charge in [0, 0.05) is 0 Å². The third-order valence-corrected chi connectivity index (χ3v) is 4.01. The van der Waals surface area contributed by atoms with Gasteiger partial charge >= 0.3 is 0 Å². The molecule has 2 heteroatoms. The van der Waals surface area contributed by atoms with Gasteiger partial charge in [-0.25, -0.2) is 0 Å². The molecule has 1 aliphatic heterocycles. The molecule has 1 unspecified atom stereocenters. The predicted octanol–water partition coefficient (Wildman–Crippen LogP) is 2.09. The molecule has 1 atom stereocenters. The van der Waals surface area contributed by atoms with Crippen molar-refractivity contribution in [2.45, 2.75) is 32.1 Å². The summed E-state index contributed by atoms with van der Waals surface area (Å²) in [5.41, 5.74) is 0. The first kappa shape index (κ1) is 8.41. The van der Waals surface area contributed by atoms with Gasteiger partial charge in [0.25, 0.3) is 0 Å². The van der Waals surface area contributed by atoms with Crippen molar-refractivity contribution in [1.82, 2.24) is 5.32 Å². The molecular formula is C8H17NS. The van der Waals surface area contributed by atoms with E-state index in [1.807, 2.05) is 0 Å². The highest BCUT2D eigenvalue weighted by Gasteiger charge is 2.29. The number of hydrogen-bond donors (Lipinski definition) is 1. The van der Waals surface area contributed by atoms with Crippen LogP contribution < -0.4 is 5.32 Å². The lowest BCUT2D eigenvalue weighted by molar-refractivity contribution is 0.376. The van der Waals surface area contributed by atoms with Gasteiger partial charge in [-0.05, 0) is 31.6 Å². The number of nitrogens with one attached hydrogen (secondary N) is 1. The second-order valence-corrected chi connectivity index (χ2v) is 4.94. The zero-order valence-corrected chi connectivity index (χ0v) is 7.92. The summed E-state index contributed by atoms with van der Waals surface area (Å²) in [5.74, 6) is 2.06. The third-order valence-electron chi connectivity index (χ3n) is 2.30. The van der Waals surface area contributed by atoms with Gasteiger partial charge in [0.05, 0.1) is 4.87 Å². The molecule has 1 nitrogen and oxygen atoms in total. The maximum absolute atomic E-state index is 3.56. The van der Waals surface area contributed by atoms with Crippen molar-refractivity contribution < 1.29 is 0 Å². The lowest BCUT2D eigenvalue weighted by Crippen LogP contribution is -2.47. The van der Waals surface area contributed by atoms with Crippen LogP contribution in [-0.4, -0.2) is 17.2 Å². The summed E-state index contributed by atoms with van der Waals surface area (Å²) < 4.78 is 0. The third kappa shape index (κ3) is 1.67. The summed E-state index contributed by atoms with van der Waals surface area (Å²) in [6.45, 7) is 8.07. The molecule has 60 valence electrons. The Bertz CT molecular complexity index is 106. The van der Waals surface area contributed by atoms with Crippen LogP contribution in [0.3, 0.4) is 0 Å². The highest BCUT2D eigenvalue weighted by Crippen LogP contribution is 2.32. The maximum atomic E-state index is 3.56. The molecule has 10 heavy (non-hydrogen) atoms. The van der Waals surface area contributed by atoms with Crippen LogP contribution in [0.15, 0.2) is 0 Å². The van der Waals surface area contributed by atoms with Gasteiger partial charge in [-0.2, -0.15) is 0 Å². The van der Waals surface area contributed by atoms with Crippen LogP contribution in [0.2, 0.25) is 0 Å². The SMILES string of the molecule is CC(C)C1(C)NCCCS1. The molecule has 0 aromatic heterocycles. The molecule has 0 aromatic rings. The Labute approximate surface area is 68.0 Å². The first-order valence-corrected chi connectivity index (χ1v) is 5.03. The standard InChI is InChI=1S/C8H17NS/c1-7(2)8(3)9-5-4-6-10-8/h7,9H,4-6H2,1-3H3. The Morgan fingerprint density at radius 3 is 2.50 bits per heavy atom.